The minimum atomic E-state index is -1.61. The number of carbonyl (C=O) groups is 1. The van der Waals surface area contributed by atoms with Gasteiger partial charge in [0.1, 0.15) is 6.10 Å². The molecular formula is C10H18O3Si. The van der Waals surface area contributed by atoms with Crippen LogP contribution in [-0.2, 0) is 14.0 Å². The Morgan fingerprint density at radius 2 is 2.36 bits per heavy atom. The molecule has 0 fully saturated rings. The number of hydrogen-bond acceptors (Lipinski definition) is 3. The van der Waals surface area contributed by atoms with Crippen LogP contribution >= 0.6 is 0 Å². The number of ether oxygens (including phenoxy) is 1. The third-order valence-corrected chi connectivity index (χ3v) is 5.27. The molecule has 1 heterocycles. The molecule has 3 nitrogen and oxygen atoms in total. The third-order valence-electron chi connectivity index (χ3n) is 2.42. The van der Waals surface area contributed by atoms with E-state index in [0.29, 0.717) is 0 Å². The summed E-state index contributed by atoms with van der Waals surface area (Å²) in [6.45, 7) is 8.43. The molecule has 0 saturated heterocycles. The fourth-order valence-corrected chi connectivity index (χ4v) is 3.69. The standard InChI is InChI=1S/C10H18O3Si/c1-8(13-9(2)11)7-10-5-6-12-14(10,3)4/h5,8H,6-7H2,1-4H3. The molecule has 0 aromatic carbocycles. The number of rotatable bonds is 3. The van der Waals surface area contributed by atoms with Crippen molar-refractivity contribution in [3.8, 4) is 0 Å². The molecule has 0 spiro atoms. The Labute approximate surface area is 86.2 Å². The molecule has 1 atom stereocenters. The molecule has 80 valence electrons. The maximum absolute atomic E-state index is 10.7. The second-order valence-electron chi connectivity index (χ2n) is 4.17. The highest BCUT2D eigenvalue weighted by Crippen LogP contribution is 2.26. The minimum absolute atomic E-state index is 0.0350. The smallest absolute Gasteiger partial charge is 0.302 e. The number of carbonyl (C=O) groups excluding carboxylic acids is 1. The fourth-order valence-electron chi connectivity index (χ4n) is 1.65. The van der Waals surface area contributed by atoms with E-state index in [0.717, 1.165) is 13.0 Å². The van der Waals surface area contributed by atoms with Gasteiger partial charge in [-0.25, -0.2) is 0 Å². The van der Waals surface area contributed by atoms with Crippen LogP contribution in [0.15, 0.2) is 11.3 Å². The van der Waals surface area contributed by atoms with Gasteiger partial charge in [0.05, 0.1) is 6.61 Å². The van der Waals surface area contributed by atoms with Crippen molar-refractivity contribution in [3.63, 3.8) is 0 Å². The van der Waals surface area contributed by atoms with Gasteiger partial charge in [-0.15, -0.1) is 0 Å². The summed E-state index contributed by atoms with van der Waals surface area (Å²) in [6.07, 6.45) is 2.91. The normalized spacial score (nSPS) is 21.6. The second kappa shape index (κ2) is 4.27. The van der Waals surface area contributed by atoms with Gasteiger partial charge in [-0.2, -0.15) is 0 Å². The van der Waals surface area contributed by atoms with Gasteiger partial charge in [0.2, 0.25) is 8.32 Å². The molecular weight excluding hydrogens is 196 g/mol. The number of hydrogen-bond donors (Lipinski definition) is 0. The Morgan fingerprint density at radius 1 is 1.71 bits per heavy atom. The Balaban J connectivity index is 2.48. The fraction of sp³-hybridized carbons (Fsp3) is 0.700. The van der Waals surface area contributed by atoms with E-state index in [1.807, 2.05) is 6.92 Å². The maximum atomic E-state index is 10.7. The van der Waals surface area contributed by atoms with Crippen molar-refractivity contribution in [2.75, 3.05) is 6.61 Å². The van der Waals surface area contributed by atoms with Gasteiger partial charge in [0.15, 0.2) is 0 Å². The zero-order chi connectivity index (χ0) is 10.8. The summed E-state index contributed by atoms with van der Waals surface area (Å²) >= 11 is 0. The summed E-state index contributed by atoms with van der Waals surface area (Å²) in [7, 11) is -1.61. The van der Waals surface area contributed by atoms with Crippen molar-refractivity contribution in [2.24, 2.45) is 0 Å². The molecule has 1 aliphatic heterocycles. The lowest BCUT2D eigenvalue weighted by atomic mass is 10.2. The third kappa shape index (κ3) is 2.96. The lowest BCUT2D eigenvalue weighted by Gasteiger charge is -2.21. The average molecular weight is 214 g/mol. The van der Waals surface area contributed by atoms with Crippen molar-refractivity contribution in [3.05, 3.63) is 11.3 Å². The monoisotopic (exact) mass is 214 g/mol. The maximum Gasteiger partial charge on any atom is 0.302 e. The van der Waals surface area contributed by atoms with Gasteiger partial charge in [-0.3, -0.25) is 4.79 Å². The summed E-state index contributed by atoms with van der Waals surface area (Å²) < 4.78 is 10.8. The highest BCUT2D eigenvalue weighted by molar-refractivity contribution is 6.79. The first kappa shape index (κ1) is 11.5. The van der Waals surface area contributed by atoms with Crippen LogP contribution in [0.4, 0.5) is 0 Å². The SMILES string of the molecule is CC(=O)OC(C)CC1=CCO[Si]1(C)C. The van der Waals surface area contributed by atoms with Gasteiger partial charge >= 0.3 is 5.97 Å². The zero-order valence-electron chi connectivity index (χ0n) is 9.29. The molecule has 14 heavy (non-hydrogen) atoms. The molecule has 0 saturated carbocycles. The van der Waals surface area contributed by atoms with Gasteiger partial charge in [0, 0.05) is 13.3 Å². The van der Waals surface area contributed by atoms with Crippen molar-refractivity contribution in [1.82, 2.24) is 0 Å². The highest BCUT2D eigenvalue weighted by atomic mass is 28.4. The van der Waals surface area contributed by atoms with E-state index in [1.165, 1.54) is 12.1 Å². The second-order valence-corrected chi connectivity index (χ2v) is 8.13. The summed E-state index contributed by atoms with van der Waals surface area (Å²) in [6, 6.07) is 0. The Bertz CT molecular complexity index is 258. The highest BCUT2D eigenvalue weighted by Gasteiger charge is 2.32. The molecule has 0 amide bonds. The number of esters is 1. The predicted octanol–water partition coefficient (Wildman–Crippen LogP) is 2.03. The van der Waals surface area contributed by atoms with Crippen molar-refractivity contribution >= 4 is 14.3 Å². The van der Waals surface area contributed by atoms with E-state index in [1.54, 1.807) is 0 Å². The van der Waals surface area contributed by atoms with E-state index < -0.39 is 8.32 Å². The van der Waals surface area contributed by atoms with E-state index in [2.05, 4.69) is 19.2 Å². The predicted molar refractivity (Wildman–Crippen MR) is 57.4 cm³/mol. The average Bonchev–Trinajstić information content (AvgIpc) is 2.29. The van der Waals surface area contributed by atoms with Crippen molar-refractivity contribution in [1.29, 1.82) is 0 Å². The quantitative estimate of drug-likeness (QED) is 0.532. The minimum Gasteiger partial charge on any atom is -0.463 e. The summed E-state index contributed by atoms with van der Waals surface area (Å²) in [4.78, 5) is 10.7. The Morgan fingerprint density at radius 3 is 2.79 bits per heavy atom. The molecule has 1 aliphatic rings. The van der Waals surface area contributed by atoms with Crippen LogP contribution in [0.2, 0.25) is 13.1 Å². The first-order valence-corrected chi connectivity index (χ1v) is 7.83. The summed E-state index contributed by atoms with van der Waals surface area (Å²) in [5.74, 6) is -0.212. The molecule has 0 aliphatic carbocycles. The van der Waals surface area contributed by atoms with E-state index in [9.17, 15) is 4.79 Å². The molecule has 4 heteroatoms. The molecule has 1 unspecified atom stereocenters. The molecule has 1 rings (SSSR count). The first-order valence-electron chi connectivity index (χ1n) is 4.92. The topological polar surface area (TPSA) is 35.5 Å². The van der Waals surface area contributed by atoms with Crippen LogP contribution in [0.3, 0.4) is 0 Å². The van der Waals surface area contributed by atoms with Gasteiger partial charge in [0.25, 0.3) is 0 Å². The van der Waals surface area contributed by atoms with Crippen LogP contribution in [0.25, 0.3) is 0 Å². The molecule has 0 radical (unpaired) electrons. The zero-order valence-corrected chi connectivity index (χ0v) is 10.3. The Kier molecular flexibility index (Phi) is 3.50. The molecule has 0 bridgehead atoms. The lowest BCUT2D eigenvalue weighted by molar-refractivity contribution is -0.145. The van der Waals surface area contributed by atoms with Crippen molar-refractivity contribution < 1.29 is 14.0 Å². The van der Waals surface area contributed by atoms with Crippen LogP contribution in [0.1, 0.15) is 20.3 Å². The summed E-state index contributed by atoms with van der Waals surface area (Å²) in [5.41, 5.74) is 0. The van der Waals surface area contributed by atoms with Crippen LogP contribution < -0.4 is 0 Å². The first-order chi connectivity index (χ1) is 6.42. The van der Waals surface area contributed by atoms with Gasteiger partial charge in [-0.05, 0) is 20.0 Å². The van der Waals surface area contributed by atoms with E-state index in [4.69, 9.17) is 9.16 Å². The van der Waals surface area contributed by atoms with Crippen molar-refractivity contribution in [2.45, 2.75) is 39.5 Å². The van der Waals surface area contributed by atoms with Gasteiger partial charge in [-0.1, -0.05) is 11.3 Å². The van der Waals surface area contributed by atoms with Gasteiger partial charge < -0.3 is 9.16 Å². The Hall–Kier alpha value is -0.613. The summed E-state index contributed by atoms with van der Waals surface area (Å²) in [5, 5.41) is 1.35. The van der Waals surface area contributed by atoms with Crippen LogP contribution in [0.5, 0.6) is 0 Å². The van der Waals surface area contributed by atoms with E-state index in [-0.39, 0.29) is 12.1 Å². The van der Waals surface area contributed by atoms with Crippen LogP contribution in [0, 0.1) is 0 Å². The molecule has 0 N–H and O–H groups in total. The lowest BCUT2D eigenvalue weighted by Crippen LogP contribution is -2.31. The largest absolute Gasteiger partial charge is 0.463 e. The van der Waals surface area contributed by atoms with Crippen LogP contribution in [-0.4, -0.2) is 27.0 Å². The molecule has 0 aromatic rings. The molecule has 0 aromatic heterocycles. The van der Waals surface area contributed by atoms with E-state index >= 15 is 0 Å².